The van der Waals surface area contributed by atoms with E-state index in [0.717, 1.165) is 43.9 Å². The van der Waals surface area contributed by atoms with Crippen LogP contribution < -0.4 is 11.1 Å². The van der Waals surface area contributed by atoms with Crippen molar-refractivity contribution in [3.8, 4) is 0 Å². The molecule has 9 heteroatoms. The maximum absolute atomic E-state index is 5.82. The maximum Gasteiger partial charge on any atom is 0.129 e. The first-order valence-corrected chi connectivity index (χ1v) is 6.97. The first-order chi connectivity index (χ1) is 9.81. The average Bonchev–Trinajstić information content (AvgIpc) is 2.94. The van der Waals surface area contributed by atoms with Crippen LogP contribution >= 0.6 is 24.8 Å². The second-order valence-electron chi connectivity index (χ2n) is 5.20. The van der Waals surface area contributed by atoms with E-state index in [1.54, 1.807) is 12.5 Å². The molecule has 7 nitrogen and oxygen atoms in total. The van der Waals surface area contributed by atoms with Crippen molar-refractivity contribution >= 4 is 30.6 Å². The van der Waals surface area contributed by atoms with Gasteiger partial charge in [-0.25, -0.2) is 9.97 Å². The highest BCUT2D eigenvalue weighted by molar-refractivity contribution is 5.85. The molecule has 0 amide bonds. The molecular formula is C13H21Cl2N7. The van der Waals surface area contributed by atoms with Crippen LogP contribution in [-0.4, -0.2) is 37.5 Å². The zero-order valence-corrected chi connectivity index (χ0v) is 13.8. The highest BCUT2D eigenvalue weighted by Crippen LogP contribution is 2.34. The fraction of sp³-hybridized carbons (Fsp3) is 0.538. The fourth-order valence-corrected chi connectivity index (χ4v) is 2.41. The van der Waals surface area contributed by atoms with E-state index in [1.165, 1.54) is 0 Å². The number of anilines is 1. The number of hydrogen-bond acceptors (Lipinski definition) is 6. The van der Waals surface area contributed by atoms with Crippen molar-refractivity contribution in [2.24, 2.45) is 5.73 Å². The minimum Gasteiger partial charge on any atom is -0.370 e. The van der Waals surface area contributed by atoms with Crippen LogP contribution in [0.25, 0.3) is 0 Å². The molecule has 0 saturated heterocycles. The molecule has 0 aromatic carbocycles. The molecule has 3 rings (SSSR count). The van der Waals surface area contributed by atoms with Crippen molar-refractivity contribution in [2.75, 3.05) is 11.9 Å². The summed E-state index contributed by atoms with van der Waals surface area (Å²) in [6.07, 6.45) is 8.21. The average molecular weight is 346 g/mol. The highest BCUT2D eigenvalue weighted by atomic mass is 35.5. The molecule has 1 fully saturated rings. The third-order valence-corrected chi connectivity index (χ3v) is 3.62. The Morgan fingerprint density at radius 1 is 1.27 bits per heavy atom. The molecule has 0 bridgehead atoms. The molecule has 2 aromatic heterocycles. The van der Waals surface area contributed by atoms with Gasteiger partial charge in [-0.05, 0) is 19.3 Å². The largest absolute Gasteiger partial charge is 0.370 e. The summed E-state index contributed by atoms with van der Waals surface area (Å²) in [6, 6.07) is 2.38. The second kappa shape index (κ2) is 8.87. The van der Waals surface area contributed by atoms with Gasteiger partial charge in [0.2, 0.25) is 0 Å². The Kier molecular flexibility index (Phi) is 7.50. The van der Waals surface area contributed by atoms with Gasteiger partial charge >= 0.3 is 0 Å². The van der Waals surface area contributed by atoms with E-state index in [0.29, 0.717) is 12.0 Å². The summed E-state index contributed by atoms with van der Waals surface area (Å²) in [4.78, 5) is 8.58. The predicted octanol–water partition coefficient (Wildman–Crippen LogP) is 1.62. The Labute approximate surface area is 141 Å². The van der Waals surface area contributed by atoms with Gasteiger partial charge in [0.05, 0.1) is 6.20 Å². The van der Waals surface area contributed by atoms with Crippen molar-refractivity contribution in [3.05, 3.63) is 30.5 Å². The number of rotatable bonds is 6. The lowest BCUT2D eigenvalue weighted by molar-refractivity contribution is 0.345. The molecule has 3 N–H and O–H groups in total. The quantitative estimate of drug-likeness (QED) is 0.772. The lowest BCUT2D eigenvalue weighted by Crippen LogP contribution is -2.35. The van der Waals surface area contributed by atoms with Crippen LogP contribution in [0.1, 0.15) is 30.9 Å². The second-order valence-corrected chi connectivity index (χ2v) is 5.20. The van der Waals surface area contributed by atoms with Crippen LogP contribution in [0.15, 0.2) is 24.8 Å². The summed E-state index contributed by atoms with van der Waals surface area (Å²) >= 11 is 0. The molecule has 1 aliphatic carbocycles. The monoisotopic (exact) mass is 345 g/mol. The van der Waals surface area contributed by atoms with E-state index in [1.807, 2.05) is 16.9 Å². The Morgan fingerprint density at radius 3 is 2.77 bits per heavy atom. The van der Waals surface area contributed by atoms with Crippen molar-refractivity contribution in [1.29, 1.82) is 0 Å². The first-order valence-electron chi connectivity index (χ1n) is 6.97. The van der Waals surface area contributed by atoms with Gasteiger partial charge in [-0.2, -0.15) is 0 Å². The van der Waals surface area contributed by atoms with Crippen molar-refractivity contribution in [1.82, 2.24) is 25.0 Å². The van der Waals surface area contributed by atoms with Crippen LogP contribution in [0.5, 0.6) is 0 Å². The van der Waals surface area contributed by atoms with Crippen LogP contribution in [-0.2, 0) is 6.54 Å². The van der Waals surface area contributed by atoms with Crippen molar-refractivity contribution < 1.29 is 0 Å². The predicted molar refractivity (Wildman–Crippen MR) is 89.6 cm³/mol. The lowest BCUT2D eigenvalue weighted by atomic mass is 9.79. The third kappa shape index (κ3) is 4.79. The first kappa shape index (κ1) is 18.6. The molecule has 2 aromatic rings. The third-order valence-electron chi connectivity index (χ3n) is 3.62. The summed E-state index contributed by atoms with van der Waals surface area (Å²) in [5, 5.41) is 11.0. The summed E-state index contributed by atoms with van der Waals surface area (Å²) in [6.45, 7) is 1.70. The van der Waals surface area contributed by atoms with E-state index in [4.69, 9.17) is 5.73 Å². The lowest BCUT2D eigenvalue weighted by Gasteiger charge is -2.31. The molecule has 2 heterocycles. The summed E-state index contributed by atoms with van der Waals surface area (Å²) in [5.74, 6) is 1.39. The normalized spacial score (nSPS) is 19.5. The Morgan fingerprint density at radius 2 is 2.09 bits per heavy atom. The smallest absolute Gasteiger partial charge is 0.129 e. The number of aryl methyl sites for hydroxylation is 1. The molecule has 0 aliphatic heterocycles. The van der Waals surface area contributed by atoms with Gasteiger partial charge in [-0.15, -0.1) is 29.9 Å². The molecule has 0 radical (unpaired) electrons. The van der Waals surface area contributed by atoms with E-state index in [2.05, 4.69) is 25.6 Å². The van der Waals surface area contributed by atoms with Crippen LogP contribution in [0.2, 0.25) is 0 Å². The topological polar surface area (TPSA) is 94.5 Å². The summed E-state index contributed by atoms with van der Waals surface area (Å²) in [5.41, 5.74) is 6.91. The van der Waals surface area contributed by atoms with Crippen LogP contribution in [0, 0.1) is 0 Å². The van der Waals surface area contributed by atoms with Gasteiger partial charge in [0.1, 0.15) is 12.1 Å². The fourth-order valence-electron chi connectivity index (χ4n) is 2.41. The number of aromatic nitrogens is 5. The van der Waals surface area contributed by atoms with Crippen molar-refractivity contribution in [2.45, 2.75) is 37.8 Å². The zero-order chi connectivity index (χ0) is 13.8. The van der Waals surface area contributed by atoms with E-state index in [-0.39, 0.29) is 24.8 Å². The SMILES string of the molecule is Cl.Cl.NC1CC(c2cc(NCCCn3ccnn3)ncn2)C1. The maximum atomic E-state index is 5.82. The molecule has 0 unspecified atom stereocenters. The van der Waals surface area contributed by atoms with Gasteiger partial charge in [-0.1, -0.05) is 5.21 Å². The molecule has 122 valence electrons. The Balaban J connectivity index is 0.00000121. The van der Waals surface area contributed by atoms with Gasteiger partial charge < -0.3 is 11.1 Å². The van der Waals surface area contributed by atoms with Gasteiger partial charge in [-0.3, -0.25) is 4.68 Å². The Bertz CT molecular complexity index is 543. The van der Waals surface area contributed by atoms with Gasteiger partial charge in [0.15, 0.2) is 0 Å². The molecule has 0 spiro atoms. The summed E-state index contributed by atoms with van der Waals surface area (Å²) < 4.78 is 1.82. The van der Waals surface area contributed by atoms with Gasteiger partial charge in [0, 0.05) is 43.0 Å². The number of hydrogen-bond donors (Lipinski definition) is 2. The molecular weight excluding hydrogens is 325 g/mol. The number of halogens is 2. The number of nitrogens with one attached hydrogen (secondary N) is 1. The van der Waals surface area contributed by atoms with Gasteiger partial charge in [0.25, 0.3) is 0 Å². The number of nitrogens with zero attached hydrogens (tertiary/aromatic N) is 5. The van der Waals surface area contributed by atoms with E-state index in [9.17, 15) is 0 Å². The minimum absolute atomic E-state index is 0. The zero-order valence-electron chi connectivity index (χ0n) is 12.1. The van der Waals surface area contributed by atoms with E-state index < -0.39 is 0 Å². The minimum atomic E-state index is 0. The van der Waals surface area contributed by atoms with E-state index >= 15 is 0 Å². The molecule has 22 heavy (non-hydrogen) atoms. The highest BCUT2D eigenvalue weighted by Gasteiger charge is 2.28. The van der Waals surface area contributed by atoms with Crippen molar-refractivity contribution in [3.63, 3.8) is 0 Å². The summed E-state index contributed by atoms with van der Waals surface area (Å²) in [7, 11) is 0. The Hall–Kier alpha value is -1.44. The van der Waals surface area contributed by atoms with Crippen LogP contribution in [0.3, 0.4) is 0 Å². The standard InChI is InChI=1S/C13H19N7.2ClH/c14-11-6-10(7-11)12-8-13(17-9-16-12)15-2-1-4-20-5-3-18-19-20;;/h3,5,8-11H,1-2,4,6-7,14H2,(H,15,16,17);2*1H. The molecule has 0 atom stereocenters. The number of nitrogens with two attached hydrogens (primary N) is 1. The van der Waals surface area contributed by atoms with Crippen LogP contribution in [0.4, 0.5) is 5.82 Å². The molecule has 1 aliphatic rings. The molecule has 1 saturated carbocycles.